The third-order valence-corrected chi connectivity index (χ3v) is 6.71. The molecular weight excluding hydrogens is 392 g/mol. The van der Waals surface area contributed by atoms with Gasteiger partial charge in [-0.25, -0.2) is 13.2 Å². The van der Waals surface area contributed by atoms with Gasteiger partial charge in [0.2, 0.25) is 0 Å². The van der Waals surface area contributed by atoms with E-state index in [0.29, 0.717) is 18.8 Å². The molecule has 7 nitrogen and oxygen atoms in total. The Morgan fingerprint density at radius 2 is 1.62 bits per heavy atom. The highest BCUT2D eigenvalue weighted by molar-refractivity contribution is 7.92. The molecule has 1 aliphatic rings. The molecule has 0 spiro atoms. The maximum atomic E-state index is 13.0. The highest BCUT2D eigenvalue weighted by Crippen LogP contribution is 2.23. The fourth-order valence-electron chi connectivity index (χ4n) is 3.24. The third-order valence-electron chi connectivity index (χ3n) is 4.79. The number of rotatable bonds is 7. The molecule has 0 N–H and O–H groups in total. The Hall–Kier alpha value is -2.87. The smallest absolute Gasteiger partial charge is 0.338 e. The van der Waals surface area contributed by atoms with Crippen molar-refractivity contribution in [3.05, 3.63) is 60.2 Å². The van der Waals surface area contributed by atoms with Crippen molar-refractivity contribution in [1.82, 2.24) is 4.90 Å². The number of sulfonamides is 1. The minimum absolute atomic E-state index is 0.0768. The highest BCUT2D eigenvalue weighted by atomic mass is 32.2. The molecular formula is C21H24N2O5S. The van der Waals surface area contributed by atoms with Crippen molar-refractivity contribution in [3.63, 3.8) is 0 Å². The lowest BCUT2D eigenvalue weighted by Crippen LogP contribution is -2.32. The average Bonchev–Trinajstić information content (AvgIpc) is 3.28. The first-order valence-electron chi connectivity index (χ1n) is 9.56. The Morgan fingerprint density at radius 1 is 1.00 bits per heavy atom. The van der Waals surface area contributed by atoms with Crippen LogP contribution >= 0.6 is 0 Å². The number of ether oxygens (including phenoxy) is 1. The van der Waals surface area contributed by atoms with Crippen molar-refractivity contribution in [3.8, 4) is 0 Å². The summed E-state index contributed by atoms with van der Waals surface area (Å²) in [6.07, 6.45) is 1.93. The van der Waals surface area contributed by atoms with Gasteiger partial charge in [-0.05, 0) is 56.2 Å². The van der Waals surface area contributed by atoms with Crippen LogP contribution in [0.4, 0.5) is 5.69 Å². The summed E-state index contributed by atoms with van der Waals surface area (Å²) in [7, 11) is -3.76. The maximum Gasteiger partial charge on any atom is 0.338 e. The normalized spacial score (nSPS) is 13.9. The topological polar surface area (TPSA) is 84.0 Å². The van der Waals surface area contributed by atoms with E-state index in [1.165, 1.54) is 28.6 Å². The molecule has 2 aromatic rings. The summed E-state index contributed by atoms with van der Waals surface area (Å²) in [5, 5.41) is 0. The molecule has 29 heavy (non-hydrogen) atoms. The number of likely N-dealkylation sites (tertiary alicyclic amines) is 1. The van der Waals surface area contributed by atoms with Crippen LogP contribution in [0.15, 0.2) is 59.5 Å². The molecule has 3 rings (SSSR count). The number of carbonyl (C=O) groups excluding carboxylic acids is 2. The fraction of sp³-hybridized carbons (Fsp3) is 0.333. The van der Waals surface area contributed by atoms with Crippen molar-refractivity contribution < 1.29 is 22.7 Å². The summed E-state index contributed by atoms with van der Waals surface area (Å²) in [4.78, 5) is 25.9. The van der Waals surface area contributed by atoms with Crippen molar-refractivity contribution in [2.45, 2.75) is 24.7 Å². The SMILES string of the molecule is CCN(c1ccccc1)S(=O)(=O)c1ccc(C(=O)OCC(=O)N2CCCC2)cc1. The number of benzene rings is 2. The van der Waals surface area contributed by atoms with Crippen molar-refractivity contribution in [2.24, 2.45) is 0 Å². The zero-order valence-electron chi connectivity index (χ0n) is 16.3. The number of para-hydroxylation sites is 1. The van der Waals surface area contributed by atoms with Crippen LogP contribution in [0.25, 0.3) is 0 Å². The number of esters is 1. The Labute approximate surface area is 170 Å². The van der Waals surface area contributed by atoms with Gasteiger partial charge in [0.15, 0.2) is 6.61 Å². The second-order valence-electron chi connectivity index (χ2n) is 6.69. The predicted molar refractivity (Wildman–Crippen MR) is 109 cm³/mol. The Morgan fingerprint density at radius 3 is 2.21 bits per heavy atom. The molecule has 1 aliphatic heterocycles. The lowest BCUT2D eigenvalue weighted by atomic mass is 10.2. The Bertz CT molecular complexity index is 952. The minimum atomic E-state index is -3.76. The summed E-state index contributed by atoms with van der Waals surface area (Å²) in [5.74, 6) is -0.867. The highest BCUT2D eigenvalue weighted by Gasteiger charge is 2.24. The lowest BCUT2D eigenvalue weighted by Gasteiger charge is -2.23. The summed E-state index contributed by atoms with van der Waals surface area (Å²) < 4.78 is 32.3. The second kappa shape index (κ2) is 9.09. The summed E-state index contributed by atoms with van der Waals surface area (Å²) in [5.41, 5.74) is 0.764. The molecule has 1 fully saturated rings. The monoisotopic (exact) mass is 416 g/mol. The maximum absolute atomic E-state index is 13.0. The van der Waals surface area contributed by atoms with Crippen LogP contribution in [0.3, 0.4) is 0 Å². The number of nitrogens with zero attached hydrogens (tertiary/aromatic N) is 2. The second-order valence-corrected chi connectivity index (χ2v) is 8.56. The zero-order chi connectivity index (χ0) is 20.9. The molecule has 1 amide bonds. The standard InChI is InChI=1S/C21H24N2O5S/c1-2-23(18-8-4-3-5-9-18)29(26,27)19-12-10-17(11-13-19)21(25)28-16-20(24)22-14-6-7-15-22/h3-5,8-13H,2,6-7,14-16H2,1H3. The van der Waals surface area contributed by atoms with Crippen LogP contribution in [0.2, 0.25) is 0 Å². The number of hydrogen-bond donors (Lipinski definition) is 0. The van der Waals surface area contributed by atoms with E-state index in [1.54, 1.807) is 36.1 Å². The van der Waals surface area contributed by atoms with Gasteiger partial charge in [0, 0.05) is 19.6 Å². The molecule has 0 saturated carbocycles. The molecule has 0 aromatic heterocycles. The summed E-state index contributed by atoms with van der Waals surface area (Å²) in [6, 6.07) is 14.4. The molecule has 1 saturated heterocycles. The van der Waals surface area contributed by atoms with E-state index < -0.39 is 16.0 Å². The zero-order valence-corrected chi connectivity index (χ0v) is 17.1. The summed E-state index contributed by atoms with van der Waals surface area (Å²) >= 11 is 0. The van der Waals surface area contributed by atoms with Crippen LogP contribution in [0.5, 0.6) is 0 Å². The van der Waals surface area contributed by atoms with Gasteiger partial charge in [-0.2, -0.15) is 0 Å². The van der Waals surface area contributed by atoms with Crippen LogP contribution in [-0.2, 0) is 19.6 Å². The quantitative estimate of drug-likeness (QED) is 0.648. The van der Waals surface area contributed by atoms with Gasteiger partial charge >= 0.3 is 5.97 Å². The van der Waals surface area contributed by atoms with Crippen molar-refractivity contribution >= 4 is 27.6 Å². The van der Waals surface area contributed by atoms with E-state index in [0.717, 1.165) is 12.8 Å². The molecule has 0 aliphatic carbocycles. The summed E-state index contributed by atoms with van der Waals surface area (Å²) in [6.45, 7) is 3.11. The first kappa shape index (κ1) is 20.9. The van der Waals surface area contributed by atoms with Crippen LogP contribution in [-0.4, -0.2) is 51.4 Å². The van der Waals surface area contributed by atoms with Gasteiger partial charge in [-0.1, -0.05) is 18.2 Å². The van der Waals surface area contributed by atoms with E-state index >= 15 is 0 Å². The van der Waals surface area contributed by atoms with Gasteiger partial charge in [0.25, 0.3) is 15.9 Å². The first-order chi connectivity index (χ1) is 13.9. The average molecular weight is 416 g/mol. The first-order valence-corrected chi connectivity index (χ1v) is 11.0. The fourth-order valence-corrected chi connectivity index (χ4v) is 4.72. The number of hydrogen-bond acceptors (Lipinski definition) is 5. The van der Waals surface area contributed by atoms with Gasteiger partial charge in [-0.3, -0.25) is 9.10 Å². The largest absolute Gasteiger partial charge is 0.452 e. The number of amides is 1. The molecule has 1 heterocycles. The van der Waals surface area contributed by atoms with E-state index in [4.69, 9.17) is 4.74 Å². The van der Waals surface area contributed by atoms with Gasteiger partial charge < -0.3 is 9.64 Å². The molecule has 0 radical (unpaired) electrons. The number of anilines is 1. The molecule has 2 aromatic carbocycles. The molecule has 0 unspecified atom stereocenters. The molecule has 0 atom stereocenters. The predicted octanol–water partition coefficient (Wildman–Crippen LogP) is 2.68. The molecule has 154 valence electrons. The van der Waals surface area contributed by atoms with E-state index in [9.17, 15) is 18.0 Å². The van der Waals surface area contributed by atoms with E-state index in [-0.39, 0.29) is 29.5 Å². The Kier molecular flexibility index (Phi) is 6.53. The van der Waals surface area contributed by atoms with Crippen LogP contribution in [0, 0.1) is 0 Å². The van der Waals surface area contributed by atoms with Gasteiger partial charge in [0.05, 0.1) is 16.1 Å². The minimum Gasteiger partial charge on any atom is -0.452 e. The molecule has 0 bridgehead atoms. The van der Waals surface area contributed by atoms with Crippen molar-refractivity contribution in [2.75, 3.05) is 30.5 Å². The van der Waals surface area contributed by atoms with E-state index in [2.05, 4.69) is 0 Å². The van der Waals surface area contributed by atoms with Crippen LogP contribution in [0.1, 0.15) is 30.1 Å². The van der Waals surface area contributed by atoms with E-state index in [1.807, 2.05) is 6.07 Å². The molecule has 8 heteroatoms. The lowest BCUT2D eigenvalue weighted by molar-refractivity contribution is -0.133. The van der Waals surface area contributed by atoms with Crippen LogP contribution < -0.4 is 4.31 Å². The number of carbonyl (C=O) groups is 2. The van der Waals surface area contributed by atoms with Crippen molar-refractivity contribution in [1.29, 1.82) is 0 Å². The Balaban J connectivity index is 1.68. The van der Waals surface area contributed by atoms with Gasteiger partial charge in [-0.15, -0.1) is 0 Å². The third kappa shape index (κ3) is 4.76. The van der Waals surface area contributed by atoms with Gasteiger partial charge in [0.1, 0.15) is 0 Å².